The number of anilines is 1. The number of carbonyl (C=O) groups excluding carboxylic acids is 1. The van der Waals surface area contributed by atoms with Crippen LogP contribution in [0.4, 0.5) is 10.5 Å². The first-order chi connectivity index (χ1) is 9.17. The van der Waals surface area contributed by atoms with Gasteiger partial charge in [-0.05, 0) is 58.2 Å². The van der Waals surface area contributed by atoms with Crippen molar-refractivity contribution in [3.63, 3.8) is 0 Å². The van der Waals surface area contributed by atoms with E-state index in [1.54, 1.807) is 6.07 Å². The Morgan fingerprint density at radius 3 is 2.60 bits per heavy atom. The Labute approximate surface area is 125 Å². The zero-order chi connectivity index (χ0) is 15.3. The van der Waals surface area contributed by atoms with Crippen molar-refractivity contribution in [2.45, 2.75) is 52.2 Å². The number of nitrogens with two attached hydrogens (primary N) is 1. The first-order valence-corrected chi connectivity index (χ1v) is 7.09. The summed E-state index contributed by atoms with van der Waals surface area (Å²) in [4.78, 5) is 11.6. The van der Waals surface area contributed by atoms with Crippen molar-refractivity contribution in [1.29, 1.82) is 0 Å². The maximum atomic E-state index is 11.6. The molecular weight excluding hydrogens is 276 g/mol. The number of hydrogen-bond donors (Lipinski definition) is 2. The largest absolute Gasteiger partial charge is 0.444 e. The van der Waals surface area contributed by atoms with Gasteiger partial charge in [0, 0.05) is 16.8 Å². The summed E-state index contributed by atoms with van der Waals surface area (Å²) < 4.78 is 5.18. The Morgan fingerprint density at radius 2 is 2.10 bits per heavy atom. The number of amides is 1. The second-order valence-electron chi connectivity index (χ2n) is 5.95. The maximum absolute atomic E-state index is 11.6. The van der Waals surface area contributed by atoms with Crippen molar-refractivity contribution in [3.8, 4) is 0 Å². The molecule has 0 heterocycles. The molecule has 0 unspecified atom stereocenters. The van der Waals surface area contributed by atoms with Crippen LogP contribution in [0.3, 0.4) is 0 Å². The summed E-state index contributed by atoms with van der Waals surface area (Å²) in [5.41, 5.74) is 6.85. The van der Waals surface area contributed by atoms with Gasteiger partial charge in [-0.15, -0.1) is 0 Å². The zero-order valence-electron chi connectivity index (χ0n) is 12.5. The van der Waals surface area contributed by atoms with Crippen LogP contribution >= 0.6 is 11.6 Å². The molecule has 1 atom stereocenters. The zero-order valence-corrected chi connectivity index (χ0v) is 13.3. The predicted octanol–water partition coefficient (Wildman–Crippen LogP) is 3.97. The van der Waals surface area contributed by atoms with Crippen molar-refractivity contribution >= 4 is 23.4 Å². The molecule has 0 aliphatic rings. The van der Waals surface area contributed by atoms with Crippen LogP contribution in [-0.2, 0) is 11.2 Å². The van der Waals surface area contributed by atoms with E-state index >= 15 is 0 Å². The van der Waals surface area contributed by atoms with E-state index in [0.717, 1.165) is 18.4 Å². The molecule has 0 bridgehead atoms. The molecule has 0 aromatic heterocycles. The summed E-state index contributed by atoms with van der Waals surface area (Å²) in [5.74, 6) is 0. The molecule has 0 saturated heterocycles. The minimum atomic E-state index is -0.523. The Hall–Kier alpha value is -1.26. The lowest BCUT2D eigenvalue weighted by Crippen LogP contribution is -2.27. The fourth-order valence-electron chi connectivity index (χ4n) is 1.63. The van der Waals surface area contributed by atoms with Crippen LogP contribution in [-0.4, -0.2) is 17.7 Å². The van der Waals surface area contributed by atoms with Crippen LogP contribution in [0.15, 0.2) is 18.2 Å². The highest BCUT2D eigenvalue weighted by molar-refractivity contribution is 6.31. The minimum Gasteiger partial charge on any atom is -0.444 e. The van der Waals surface area contributed by atoms with Crippen LogP contribution in [0.25, 0.3) is 0 Å². The molecular formula is C15H23ClN2O2. The van der Waals surface area contributed by atoms with Crippen LogP contribution in [0, 0.1) is 0 Å². The molecule has 112 valence electrons. The third-order valence-corrected chi connectivity index (χ3v) is 2.92. The van der Waals surface area contributed by atoms with Gasteiger partial charge in [-0.2, -0.15) is 0 Å². The lowest BCUT2D eigenvalue weighted by atomic mass is 10.1. The van der Waals surface area contributed by atoms with Gasteiger partial charge in [0.05, 0.1) is 0 Å². The molecule has 0 saturated carbocycles. The van der Waals surface area contributed by atoms with Gasteiger partial charge in [0.1, 0.15) is 5.60 Å². The molecule has 0 spiro atoms. The lowest BCUT2D eigenvalue weighted by Gasteiger charge is -2.19. The quantitative estimate of drug-likeness (QED) is 0.884. The summed E-state index contributed by atoms with van der Waals surface area (Å²) in [6.07, 6.45) is 1.21. The lowest BCUT2D eigenvalue weighted by molar-refractivity contribution is 0.0636. The van der Waals surface area contributed by atoms with E-state index < -0.39 is 11.7 Å². The molecule has 0 aliphatic heterocycles. The summed E-state index contributed by atoms with van der Waals surface area (Å²) in [7, 11) is 0. The number of hydrogen-bond acceptors (Lipinski definition) is 3. The highest BCUT2D eigenvalue weighted by Gasteiger charge is 2.16. The van der Waals surface area contributed by atoms with Crippen molar-refractivity contribution < 1.29 is 9.53 Å². The van der Waals surface area contributed by atoms with Gasteiger partial charge in [0.25, 0.3) is 0 Å². The molecule has 5 heteroatoms. The first kappa shape index (κ1) is 16.8. The SMILES string of the molecule is C[C@H](N)CCc1ccc(NC(=O)OC(C)(C)C)cc1Cl. The predicted molar refractivity (Wildman–Crippen MR) is 83.3 cm³/mol. The molecule has 0 radical (unpaired) electrons. The topological polar surface area (TPSA) is 64.3 Å². The van der Waals surface area contributed by atoms with Crippen LogP contribution in [0.1, 0.15) is 39.7 Å². The number of benzene rings is 1. The van der Waals surface area contributed by atoms with Crippen LogP contribution in [0.2, 0.25) is 5.02 Å². The minimum absolute atomic E-state index is 0.144. The second kappa shape index (κ2) is 6.95. The number of rotatable bonds is 4. The Kier molecular flexibility index (Phi) is 5.84. The highest BCUT2D eigenvalue weighted by Crippen LogP contribution is 2.23. The number of ether oxygens (including phenoxy) is 1. The summed E-state index contributed by atoms with van der Waals surface area (Å²) in [6.45, 7) is 7.41. The number of aryl methyl sites for hydroxylation is 1. The van der Waals surface area contributed by atoms with E-state index in [9.17, 15) is 4.79 Å². The standard InChI is InChI=1S/C15H23ClN2O2/c1-10(17)5-6-11-7-8-12(9-13(11)16)18-14(19)20-15(2,3)4/h7-10H,5-6,17H2,1-4H3,(H,18,19)/t10-/m0/s1. The fourth-order valence-corrected chi connectivity index (χ4v) is 1.91. The average Bonchev–Trinajstić information content (AvgIpc) is 2.24. The van der Waals surface area contributed by atoms with E-state index in [1.807, 2.05) is 39.8 Å². The molecule has 4 nitrogen and oxygen atoms in total. The molecule has 20 heavy (non-hydrogen) atoms. The van der Waals surface area contributed by atoms with E-state index in [-0.39, 0.29) is 6.04 Å². The molecule has 1 amide bonds. The van der Waals surface area contributed by atoms with E-state index in [4.69, 9.17) is 22.1 Å². The molecule has 1 rings (SSSR count). The van der Waals surface area contributed by atoms with E-state index in [0.29, 0.717) is 10.7 Å². The normalized spacial score (nSPS) is 12.9. The third kappa shape index (κ3) is 6.26. The monoisotopic (exact) mass is 298 g/mol. The fraction of sp³-hybridized carbons (Fsp3) is 0.533. The highest BCUT2D eigenvalue weighted by atomic mass is 35.5. The van der Waals surface area contributed by atoms with Crippen LogP contribution < -0.4 is 11.1 Å². The van der Waals surface area contributed by atoms with E-state index in [1.165, 1.54) is 0 Å². The summed E-state index contributed by atoms with van der Waals surface area (Å²) >= 11 is 6.20. The van der Waals surface area contributed by atoms with Gasteiger partial charge in [0.15, 0.2) is 0 Å². The third-order valence-electron chi connectivity index (χ3n) is 2.57. The number of nitrogens with one attached hydrogen (secondary N) is 1. The Morgan fingerprint density at radius 1 is 1.45 bits per heavy atom. The van der Waals surface area contributed by atoms with Gasteiger partial charge in [0.2, 0.25) is 0 Å². The molecule has 3 N–H and O–H groups in total. The number of halogens is 1. The van der Waals surface area contributed by atoms with Gasteiger partial charge in [-0.1, -0.05) is 17.7 Å². The Balaban J connectivity index is 2.65. The first-order valence-electron chi connectivity index (χ1n) is 6.71. The van der Waals surface area contributed by atoms with Crippen LogP contribution in [0.5, 0.6) is 0 Å². The molecule has 1 aromatic carbocycles. The van der Waals surface area contributed by atoms with Crippen molar-refractivity contribution in [3.05, 3.63) is 28.8 Å². The Bertz CT molecular complexity index is 467. The average molecular weight is 299 g/mol. The summed E-state index contributed by atoms with van der Waals surface area (Å²) in [5, 5.41) is 3.29. The van der Waals surface area contributed by atoms with Gasteiger partial charge in [-0.25, -0.2) is 4.79 Å². The van der Waals surface area contributed by atoms with Gasteiger partial charge >= 0.3 is 6.09 Å². The van der Waals surface area contributed by atoms with Gasteiger partial charge in [-0.3, -0.25) is 5.32 Å². The number of carbonyl (C=O) groups is 1. The van der Waals surface area contributed by atoms with Gasteiger partial charge < -0.3 is 10.5 Å². The smallest absolute Gasteiger partial charge is 0.412 e. The van der Waals surface area contributed by atoms with E-state index in [2.05, 4.69) is 5.32 Å². The van der Waals surface area contributed by atoms with Crippen molar-refractivity contribution in [2.24, 2.45) is 5.73 Å². The summed E-state index contributed by atoms with van der Waals surface area (Å²) in [6, 6.07) is 5.58. The maximum Gasteiger partial charge on any atom is 0.412 e. The molecule has 1 aromatic rings. The molecule has 0 aliphatic carbocycles. The van der Waals surface area contributed by atoms with Crippen molar-refractivity contribution in [1.82, 2.24) is 0 Å². The molecule has 0 fully saturated rings. The van der Waals surface area contributed by atoms with Crippen molar-refractivity contribution in [2.75, 3.05) is 5.32 Å². The second-order valence-corrected chi connectivity index (χ2v) is 6.36.